The topological polar surface area (TPSA) is 103 Å². The predicted octanol–water partition coefficient (Wildman–Crippen LogP) is 6.20. The summed E-state index contributed by atoms with van der Waals surface area (Å²) in [6.07, 6.45) is 1.61. The third-order valence-corrected chi connectivity index (χ3v) is 7.18. The third-order valence-electron chi connectivity index (χ3n) is 6.19. The molecule has 42 heavy (non-hydrogen) atoms. The molecule has 0 radical (unpaired) electrons. The number of carbonyl (C=O) groups excluding carboxylic acids is 3. The van der Waals surface area contributed by atoms with E-state index in [1.165, 1.54) is 11.8 Å². The van der Waals surface area contributed by atoms with E-state index in [0.29, 0.717) is 46.2 Å². The third kappa shape index (κ3) is 7.38. The minimum Gasteiger partial charge on any atom is -0.494 e. The fourth-order valence-corrected chi connectivity index (χ4v) is 4.95. The SMILES string of the molecule is CCOc1ccc(/C=C(\NC(=O)c2ccccc2)C(=O)Nc2cccc(SCC(=O)c3ccc4c(c3)OCO4)c2)cc1. The van der Waals surface area contributed by atoms with Crippen LogP contribution in [0.4, 0.5) is 5.69 Å². The maximum Gasteiger partial charge on any atom is 0.272 e. The van der Waals surface area contributed by atoms with Gasteiger partial charge in [0.2, 0.25) is 6.79 Å². The minimum atomic E-state index is -0.494. The van der Waals surface area contributed by atoms with E-state index in [-0.39, 0.29) is 24.0 Å². The molecule has 212 valence electrons. The van der Waals surface area contributed by atoms with Crippen LogP contribution in [0.3, 0.4) is 0 Å². The molecular formula is C33H28N2O6S. The summed E-state index contributed by atoms with van der Waals surface area (Å²) in [4.78, 5) is 39.9. The largest absolute Gasteiger partial charge is 0.494 e. The van der Waals surface area contributed by atoms with Gasteiger partial charge in [-0.3, -0.25) is 14.4 Å². The Hall–Kier alpha value is -5.02. The molecule has 0 bridgehead atoms. The first-order chi connectivity index (χ1) is 20.5. The van der Waals surface area contributed by atoms with E-state index in [2.05, 4.69) is 10.6 Å². The molecule has 4 aromatic rings. The molecule has 0 aromatic heterocycles. The summed E-state index contributed by atoms with van der Waals surface area (Å²) < 4.78 is 16.2. The fourth-order valence-electron chi connectivity index (χ4n) is 4.10. The molecule has 0 fully saturated rings. The zero-order valence-corrected chi connectivity index (χ0v) is 23.6. The lowest BCUT2D eigenvalue weighted by Crippen LogP contribution is -2.30. The van der Waals surface area contributed by atoms with Gasteiger partial charge >= 0.3 is 0 Å². The summed E-state index contributed by atoms with van der Waals surface area (Å²) in [7, 11) is 0. The Balaban J connectivity index is 1.28. The first kappa shape index (κ1) is 28.5. The van der Waals surface area contributed by atoms with Crippen LogP contribution in [-0.2, 0) is 4.79 Å². The van der Waals surface area contributed by atoms with Crippen molar-refractivity contribution in [2.24, 2.45) is 0 Å². The molecular weight excluding hydrogens is 552 g/mol. The molecule has 1 aliphatic heterocycles. The van der Waals surface area contributed by atoms with Crippen molar-refractivity contribution < 1.29 is 28.6 Å². The van der Waals surface area contributed by atoms with Gasteiger partial charge in [0.1, 0.15) is 11.4 Å². The number of fused-ring (bicyclic) bond motifs is 1. The Labute approximate surface area is 247 Å². The summed E-state index contributed by atoms with van der Waals surface area (Å²) in [6.45, 7) is 2.59. The van der Waals surface area contributed by atoms with Crippen molar-refractivity contribution in [1.29, 1.82) is 0 Å². The number of rotatable bonds is 11. The summed E-state index contributed by atoms with van der Waals surface area (Å²) in [5.41, 5.74) is 2.27. The molecule has 8 nitrogen and oxygen atoms in total. The maximum atomic E-state index is 13.4. The van der Waals surface area contributed by atoms with Crippen molar-refractivity contribution in [2.45, 2.75) is 11.8 Å². The summed E-state index contributed by atoms with van der Waals surface area (Å²) in [5, 5.41) is 5.61. The van der Waals surface area contributed by atoms with Crippen LogP contribution in [-0.4, -0.2) is 36.8 Å². The van der Waals surface area contributed by atoms with E-state index < -0.39 is 11.8 Å². The molecule has 0 aliphatic carbocycles. The van der Waals surface area contributed by atoms with Crippen molar-refractivity contribution >= 4 is 41.1 Å². The number of amides is 2. The fraction of sp³-hybridized carbons (Fsp3) is 0.121. The minimum absolute atomic E-state index is 0.0584. The molecule has 0 atom stereocenters. The first-order valence-corrected chi connectivity index (χ1v) is 14.2. The molecule has 2 amide bonds. The van der Waals surface area contributed by atoms with Crippen LogP contribution >= 0.6 is 11.8 Å². The van der Waals surface area contributed by atoms with E-state index in [1.807, 2.05) is 19.1 Å². The molecule has 0 spiro atoms. The number of ketones is 1. The van der Waals surface area contributed by atoms with Gasteiger partial charge in [0.25, 0.3) is 11.8 Å². The zero-order chi connectivity index (χ0) is 29.3. The molecule has 0 unspecified atom stereocenters. The molecule has 0 saturated heterocycles. The van der Waals surface area contributed by atoms with Gasteiger partial charge in [0.05, 0.1) is 12.4 Å². The highest BCUT2D eigenvalue weighted by atomic mass is 32.2. The van der Waals surface area contributed by atoms with Gasteiger partial charge in [0, 0.05) is 21.7 Å². The van der Waals surface area contributed by atoms with Crippen molar-refractivity contribution in [1.82, 2.24) is 5.32 Å². The second-order valence-electron chi connectivity index (χ2n) is 9.14. The molecule has 1 heterocycles. The lowest BCUT2D eigenvalue weighted by Gasteiger charge is -2.12. The smallest absolute Gasteiger partial charge is 0.272 e. The number of ether oxygens (including phenoxy) is 3. The molecule has 2 N–H and O–H groups in total. The lowest BCUT2D eigenvalue weighted by atomic mass is 10.1. The number of hydrogen-bond donors (Lipinski definition) is 2. The summed E-state index contributed by atoms with van der Waals surface area (Å²) in [5.74, 6) is 1.13. The standard InChI is InChI=1S/C33H28N2O6S/c1-2-39-26-14-11-22(12-15-26)17-28(35-32(37)23-7-4-3-5-8-23)33(38)34-25-9-6-10-27(19-25)42-20-29(36)24-13-16-30-31(18-24)41-21-40-30/h3-19H,2,20-21H2,1H3,(H,34,38)(H,35,37)/b28-17-. The Morgan fingerprint density at radius 1 is 0.857 bits per heavy atom. The van der Waals surface area contributed by atoms with Gasteiger partial charge in [-0.05, 0) is 79.2 Å². The number of hydrogen-bond acceptors (Lipinski definition) is 7. The number of nitrogens with one attached hydrogen (secondary N) is 2. The highest BCUT2D eigenvalue weighted by molar-refractivity contribution is 8.00. The van der Waals surface area contributed by atoms with Crippen LogP contribution < -0.4 is 24.8 Å². The number of benzene rings is 4. The van der Waals surface area contributed by atoms with E-state index >= 15 is 0 Å². The normalized spacial score (nSPS) is 12.0. The van der Waals surface area contributed by atoms with Gasteiger partial charge in [0.15, 0.2) is 17.3 Å². The Morgan fingerprint density at radius 2 is 1.64 bits per heavy atom. The lowest BCUT2D eigenvalue weighted by molar-refractivity contribution is -0.113. The van der Waals surface area contributed by atoms with Crippen LogP contribution in [0, 0.1) is 0 Å². The van der Waals surface area contributed by atoms with Gasteiger partial charge < -0.3 is 24.8 Å². The van der Waals surface area contributed by atoms with Crippen molar-refractivity contribution in [2.75, 3.05) is 24.5 Å². The van der Waals surface area contributed by atoms with Crippen molar-refractivity contribution in [3.8, 4) is 17.2 Å². The Kier molecular flexibility index (Phi) is 9.20. The monoisotopic (exact) mass is 580 g/mol. The van der Waals surface area contributed by atoms with E-state index in [9.17, 15) is 14.4 Å². The van der Waals surface area contributed by atoms with Crippen LogP contribution in [0.15, 0.2) is 108 Å². The van der Waals surface area contributed by atoms with Crippen LogP contribution in [0.25, 0.3) is 6.08 Å². The van der Waals surface area contributed by atoms with Gasteiger partial charge in [-0.15, -0.1) is 11.8 Å². The molecule has 0 saturated carbocycles. The Bertz CT molecular complexity index is 1620. The quantitative estimate of drug-likeness (QED) is 0.124. The molecule has 1 aliphatic rings. The highest BCUT2D eigenvalue weighted by Gasteiger charge is 2.18. The second kappa shape index (κ2) is 13.6. The molecule has 4 aromatic carbocycles. The van der Waals surface area contributed by atoms with E-state index in [4.69, 9.17) is 14.2 Å². The summed E-state index contributed by atoms with van der Waals surface area (Å²) >= 11 is 1.35. The number of anilines is 1. The van der Waals surface area contributed by atoms with Crippen LogP contribution in [0.5, 0.6) is 17.2 Å². The van der Waals surface area contributed by atoms with Crippen molar-refractivity contribution in [3.05, 3.63) is 119 Å². The zero-order valence-electron chi connectivity index (χ0n) is 22.8. The number of thioether (sulfide) groups is 1. The van der Waals surface area contributed by atoms with Crippen molar-refractivity contribution in [3.63, 3.8) is 0 Å². The van der Waals surface area contributed by atoms with Gasteiger partial charge in [-0.25, -0.2) is 0 Å². The van der Waals surface area contributed by atoms with Gasteiger partial charge in [-0.1, -0.05) is 36.4 Å². The number of Topliss-reactive ketones (excluding diaryl/α,β-unsaturated/α-hetero) is 1. The average Bonchev–Trinajstić information content (AvgIpc) is 3.49. The average molecular weight is 581 g/mol. The summed E-state index contributed by atoms with van der Waals surface area (Å²) in [6, 6.07) is 28.2. The van der Waals surface area contributed by atoms with E-state index in [1.54, 1.807) is 91.0 Å². The Morgan fingerprint density at radius 3 is 2.43 bits per heavy atom. The predicted molar refractivity (Wildman–Crippen MR) is 162 cm³/mol. The molecule has 5 rings (SSSR count). The maximum absolute atomic E-state index is 13.4. The second-order valence-corrected chi connectivity index (χ2v) is 10.2. The molecule has 9 heteroatoms. The van der Waals surface area contributed by atoms with E-state index in [0.717, 1.165) is 4.90 Å². The number of carbonyl (C=O) groups is 3. The first-order valence-electron chi connectivity index (χ1n) is 13.3. The van der Waals surface area contributed by atoms with Crippen LogP contribution in [0.2, 0.25) is 0 Å². The van der Waals surface area contributed by atoms with Gasteiger partial charge in [-0.2, -0.15) is 0 Å². The van der Waals surface area contributed by atoms with Crippen LogP contribution in [0.1, 0.15) is 33.2 Å². The highest BCUT2D eigenvalue weighted by Crippen LogP contribution is 2.33.